The van der Waals surface area contributed by atoms with Crippen LogP contribution >= 0.6 is 11.6 Å². The van der Waals surface area contributed by atoms with E-state index in [0.29, 0.717) is 28.9 Å². The summed E-state index contributed by atoms with van der Waals surface area (Å²) in [5, 5.41) is 4.76. The maximum absolute atomic E-state index is 12.5. The fraction of sp³-hybridized carbons (Fsp3) is 0.667. The summed E-state index contributed by atoms with van der Waals surface area (Å²) in [5.41, 5.74) is 1.78. The number of hydrogen-bond donors (Lipinski definition) is 1. The number of nitrogens with zero attached hydrogens (tertiary/aromatic N) is 1. The van der Waals surface area contributed by atoms with E-state index in [1.165, 1.54) is 0 Å². The van der Waals surface area contributed by atoms with E-state index in [0.717, 1.165) is 49.7 Å². The maximum Gasteiger partial charge on any atom is 0.226 e. The summed E-state index contributed by atoms with van der Waals surface area (Å²) in [6.07, 6.45) is 6.45. The highest BCUT2D eigenvalue weighted by molar-refractivity contribution is 6.34. The first-order valence-corrected chi connectivity index (χ1v) is 12.9. The van der Waals surface area contributed by atoms with Crippen molar-refractivity contribution >= 4 is 28.5 Å². The van der Waals surface area contributed by atoms with Crippen LogP contribution in [0, 0.1) is 5.92 Å². The lowest BCUT2D eigenvalue weighted by Gasteiger charge is -2.22. The van der Waals surface area contributed by atoms with Gasteiger partial charge in [-0.2, -0.15) is 0 Å². The molecule has 0 spiro atoms. The molecule has 7 nitrogen and oxygen atoms in total. The number of rotatable bonds is 10. The topological polar surface area (TPSA) is 73.2 Å². The first-order valence-electron chi connectivity index (χ1n) is 12.6. The molecule has 6 atom stereocenters. The van der Waals surface area contributed by atoms with Crippen LogP contribution in [0.5, 0.6) is 0 Å². The van der Waals surface area contributed by atoms with Crippen LogP contribution in [-0.4, -0.2) is 75.6 Å². The molecule has 2 aromatic rings. The molecule has 0 radical (unpaired) electrons. The van der Waals surface area contributed by atoms with Gasteiger partial charge in [-0.3, -0.25) is 4.79 Å². The van der Waals surface area contributed by atoms with Crippen LogP contribution in [0.25, 0.3) is 11.0 Å². The molecule has 3 heterocycles. The van der Waals surface area contributed by atoms with Gasteiger partial charge in [0.15, 0.2) is 5.58 Å². The van der Waals surface area contributed by atoms with Crippen LogP contribution in [0.3, 0.4) is 0 Å². The quantitative estimate of drug-likeness (QED) is 0.502. The Labute approximate surface area is 214 Å². The van der Waals surface area contributed by atoms with Gasteiger partial charge in [-0.15, -0.1) is 0 Å². The third kappa shape index (κ3) is 7.67. The van der Waals surface area contributed by atoms with Crippen LogP contribution in [0.4, 0.5) is 0 Å². The Balaban J connectivity index is 0.000000245. The van der Waals surface area contributed by atoms with Crippen LogP contribution in [0.1, 0.15) is 45.6 Å². The van der Waals surface area contributed by atoms with Crippen LogP contribution in [-0.2, 0) is 25.4 Å². The normalized spacial score (nSPS) is 23.7. The molecule has 1 amide bonds. The minimum Gasteiger partial charge on any atom is -0.462 e. The van der Waals surface area contributed by atoms with Gasteiger partial charge in [-0.25, -0.2) is 0 Å². The van der Waals surface area contributed by atoms with Gasteiger partial charge in [0.25, 0.3) is 0 Å². The van der Waals surface area contributed by atoms with Gasteiger partial charge in [0.2, 0.25) is 5.91 Å². The van der Waals surface area contributed by atoms with Gasteiger partial charge in [0, 0.05) is 44.3 Å². The summed E-state index contributed by atoms with van der Waals surface area (Å²) in [4.78, 5) is 14.7. The Bertz CT molecular complexity index is 939. The second-order valence-electron chi connectivity index (χ2n) is 10.0. The number of likely N-dealkylation sites (N-methyl/N-ethyl adjacent to an activating group) is 1. The molecule has 2 aliphatic rings. The van der Waals surface area contributed by atoms with E-state index in [4.69, 9.17) is 30.2 Å². The number of halogens is 1. The Hall–Kier alpha value is -1.64. The van der Waals surface area contributed by atoms with Crippen molar-refractivity contribution in [2.24, 2.45) is 5.92 Å². The molecule has 35 heavy (non-hydrogen) atoms. The monoisotopic (exact) mass is 508 g/mol. The first kappa shape index (κ1) is 27.9. The number of furan rings is 1. The summed E-state index contributed by atoms with van der Waals surface area (Å²) >= 11 is 6.14. The van der Waals surface area contributed by atoms with Crippen molar-refractivity contribution in [3.05, 3.63) is 35.0 Å². The molecule has 4 rings (SSSR count). The zero-order valence-corrected chi connectivity index (χ0v) is 22.6. The average Bonchev–Trinajstić information content (AvgIpc) is 3.56. The van der Waals surface area contributed by atoms with Crippen molar-refractivity contribution in [1.82, 2.24) is 10.2 Å². The number of para-hydroxylation sites is 1. The molecule has 1 N–H and O–H groups in total. The van der Waals surface area contributed by atoms with Crippen LogP contribution in [0.15, 0.2) is 28.9 Å². The average molecular weight is 509 g/mol. The number of carbonyl (C=O) groups excluding carboxylic acids is 1. The number of amides is 1. The van der Waals surface area contributed by atoms with Gasteiger partial charge in [0.05, 0.1) is 41.6 Å². The zero-order valence-electron chi connectivity index (χ0n) is 21.9. The zero-order chi connectivity index (χ0) is 25.5. The number of benzene rings is 1. The van der Waals surface area contributed by atoms with Gasteiger partial charge in [0.1, 0.15) is 0 Å². The summed E-state index contributed by atoms with van der Waals surface area (Å²) in [5.74, 6) is 0.141. The lowest BCUT2D eigenvalue weighted by atomic mass is 9.88. The molecule has 1 aromatic carbocycles. The van der Waals surface area contributed by atoms with Crippen LogP contribution < -0.4 is 5.32 Å². The number of methoxy groups -OCH3 is 2. The summed E-state index contributed by atoms with van der Waals surface area (Å²) in [6.45, 7) is 8.05. The van der Waals surface area contributed by atoms with Crippen molar-refractivity contribution in [3.63, 3.8) is 0 Å². The lowest BCUT2D eigenvalue weighted by Crippen LogP contribution is -2.41. The molecule has 2 fully saturated rings. The second-order valence-corrected chi connectivity index (χ2v) is 10.4. The third-order valence-electron chi connectivity index (χ3n) is 6.93. The van der Waals surface area contributed by atoms with Crippen molar-refractivity contribution in [2.45, 2.75) is 76.9 Å². The Morgan fingerprint density at radius 1 is 1.17 bits per heavy atom. The fourth-order valence-electron chi connectivity index (χ4n) is 4.98. The summed E-state index contributed by atoms with van der Waals surface area (Å²) in [6, 6.07) is 5.77. The summed E-state index contributed by atoms with van der Waals surface area (Å²) in [7, 11) is 5.54. The van der Waals surface area contributed by atoms with E-state index in [9.17, 15) is 4.79 Å². The number of nitrogens with one attached hydrogen (secondary N) is 1. The third-order valence-corrected chi connectivity index (χ3v) is 7.23. The molecule has 2 unspecified atom stereocenters. The fourth-order valence-corrected chi connectivity index (χ4v) is 5.20. The van der Waals surface area contributed by atoms with E-state index >= 15 is 0 Å². The van der Waals surface area contributed by atoms with E-state index in [1.54, 1.807) is 20.5 Å². The van der Waals surface area contributed by atoms with Crippen LogP contribution in [0.2, 0.25) is 5.02 Å². The minimum atomic E-state index is 0.0201. The van der Waals surface area contributed by atoms with Gasteiger partial charge < -0.3 is 28.8 Å². The molecule has 196 valence electrons. The number of ether oxygens (including phenoxy) is 3. The molecule has 1 aromatic heterocycles. The number of carbonyl (C=O) groups is 1. The van der Waals surface area contributed by atoms with Gasteiger partial charge >= 0.3 is 0 Å². The molecule has 2 saturated heterocycles. The molecule has 0 aliphatic carbocycles. The van der Waals surface area contributed by atoms with E-state index in [-0.39, 0.29) is 24.0 Å². The minimum absolute atomic E-state index is 0.0201. The van der Waals surface area contributed by atoms with E-state index in [1.807, 2.05) is 25.1 Å². The van der Waals surface area contributed by atoms with Gasteiger partial charge in [-0.05, 0) is 59.6 Å². The maximum atomic E-state index is 12.5. The Morgan fingerprint density at radius 2 is 1.86 bits per heavy atom. The van der Waals surface area contributed by atoms with Crippen molar-refractivity contribution < 1.29 is 23.4 Å². The largest absolute Gasteiger partial charge is 0.462 e. The summed E-state index contributed by atoms with van der Waals surface area (Å²) < 4.78 is 21.6. The molecule has 2 aliphatic heterocycles. The molecule has 2 bridgehead atoms. The van der Waals surface area contributed by atoms with Crippen molar-refractivity contribution in [3.8, 4) is 0 Å². The Kier molecular flexibility index (Phi) is 10.4. The highest BCUT2D eigenvalue weighted by atomic mass is 35.5. The molecule has 8 heteroatoms. The predicted octanol–water partition coefficient (Wildman–Crippen LogP) is 4.69. The van der Waals surface area contributed by atoms with Gasteiger partial charge in [-0.1, -0.05) is 23.7 Å². The number of fused-ring (bicyclic) bond motifs is 3. The SMILES string of the molecule is COC(C)CN(C)CC(C)OC.C[C@H](Cc1coc2c(Cl)cccc12)NC(=O)[C@@H]1C[C@H]2CC[C@@H]1O2. The molecular formula is C27H41ClN2O5. The highest BCUT2D eigenvalue weighted by Gasteiger charge is 2.44. The van der Waals surface area contributed by atoms with Crippen molar-refractivity contribution in [2.75, 3.05) is 34.4 Å². The standard InChI is InChI=1S/C18H20ClNO3.C9H21NO2/c1-10(20-18(21)14-8-12-5-6-16(14)23-12)7-11-9-22-17-13(11)3-2-4-15(17)19;1-8(11-4)6-10(3)7-9(2)12-5/h2-4,9-10,12,14,16H,5-8H2,1H3,(H,20,21);8-9H,6-7H2,1-5H3/t10-,12-,14-,16+;/m1./s1. The predicted molar refractivity (Wildman–Crippen MR) is 139 cm³/mol. The molecular weight excluding hydrogens is 468 g/mol. The van der Waals surface area contributed by atoms with E-state index < -0.39 is 0 Å². The second kappa shape index (κ2) is 13.1. The lowest BCUT2D eigenvalue weighted by molar-refractivity contribution is -0.127. The smallest absolute Gasteiger partial charge is 0.226 e. The highest BCUT2D eigenvalue weighted by Crippen LogP contribution is 2.39. The first-order chi connectivity index (χ1) is 16.7. The number of hydrogen-bond acceptors (Lipinski definition) is 6. The van der Waals surface area contributed by atoms with E-state index in [2.05, 4.69) is 31.1 Å². The van der Waals surface area contributed by atoms with Crippen molar-refractivity contribution in [1.29, 1.82) is 0 Å². The molecule has 0 saturated carbocycles. The Morgan fingerprint density at radius 3 is 2.43 bits per heavy atom.